The summed E-state index contributed by atoms with van der Waals surface area (Å²) in [4.78, 5) is 23.5. The van der Waals surface area contributed by atoms with Gasteiger partial charge in [-0.05, 0) is 43.9 Å². The fourth-order valence-corrected chi connectivity index (χ4v) is 3.01. The van der Waals surface area contributed by atoms with Gasteiger partial charge in [0.1, 0.15) is 6.54 Å². The number of carbonyl (C=O) groups excluding carboxylic acids is 2. The number of rotatable bonds is 4. The maximum atomic E-state index is 12.4. The molecular weight excluding hydrogens is 292 g/mol. The minimum Gasteiger partial charge on any atom is -0.368 e. The zero-order chi connectivity index (χ0) is 16.4. The number of nitrogens with one attached hydrogen (secondary N) is 1. The van der Waals surface area contributed by atoms with Crippen molar-refractivity contribution in [2.75, 3.05) is 0 Å². The molecule has 1 aromatic carbocycles. The minimum atomic E-state index is -0.426. The largest absolute Gasteiger partial charge is 0.368 e. The zero-order valence-electron chi connectivity index (χ0n) is 13.1. The van der Waals surface area contributed by atoms with Gasteiger partial charge in [-0.15, -0.1) is 0 Å². The van der Waals surface area contributed by atoms with Gasteiger partial charge in [0.15, 0.2) is 0 Å². The second-order valence-electron chi connectivity index (χ2n) is 5.99. The Hall–Kier alpha value is -2.63. The maximum Gasteiger partial charge on any atom is 0.251 e. The van der Waals surface area contributed by atoms with Gasteiger partial charge < -0.3 is 11.1 Å². The molecule has 0 saturated heterocycles. The monoisotopic (exact) mass is 312 g/mol. The normalized spacial score (nSPS) is 16.7. The Balaban J connectivity index is 1.78. The molecule has 0 aliphatic heterocycles. The molecule has 6 nitrogen and oxygen atoms in total. The molecule has 1 aromatic heterocycles. The number of hydrogen-bond acceptors (Lipinski definition) is 3. The van der Waals surface area contributed by atoms with Crippen molar-refractivity contribution in [3.63, 3.8) is 0 Å². The summed E-state index contributed by atoms with van der Waals surface area (Å²) in [6, 6.07) is 7.38. The summed E-state index contributed by atoms with van der Waals surface area (Å²) in [5.74, 6) is -0.527. The Morgan fingerprint density at radius 2 is 2.26 bits per heavy atom. The number of nitrogens with two attached hydrogens (primary N) is 1. The third kappa shape index (κ3) is 3.41. The minimum absolute atomic E-state index is 0.0611. The highest BCUT2D eigenvalue weighted by Gasteiger charge is 2.26. The first-order chi connectivity index (χ1) is 11.0. The van der Waals surface area contributed by atoms with Gasteiger partial charge in [0, 0.05) is 11.8 Å². The van der Waals surface area contributed by atoms with Crippen LogP contribution in [0.5, 0.6) is 0 Å². The molecule has 2 aromatic rings. The Labute approximate surface area is 134 Å². The van der Waals surface area contributed by atoms with E-state index in [0.717, 1.165) is 36.1 Å². The fraction of sp³-hybridized carbons (Fsp3) is 0.353. The summed E-state index contributed by atoms with van der Waals surface area (Å²) in [5, 5.41) is 7.49. The summed E-state index contributed by atoms with van der Waals surface area (Å²) in [5.41, 5.74) is 8.84. The molecule has 1 heterocycles. The number of fused-ring (bicyclic) bond motifs is 1. The molecule has 2 amide bonds. The summed E-state index contributed by atoms with van der Waals surface area (Å²) in [6.07, 6.45) is 4.59. The Morgan fingerprint density at radius 1 is 1.43 bits per heavy atom. The maximum absolute atomic E-state index is 12.4. The van der Waals surface area contributed by atoms with Gasteiger partial charge in [-0.25, -0.2) is 0 Å². The van der Waals surface area contributed by atoms with Crippen LogP contribution in [0.15, 0.2) is 30.5 Å². The highest BCUT2D eigenvalue weighted by atomic mass is 16.2. The number of aryl methyl sites for hydroxylation is 2. The first-order valence-electron chi connectivity index (χ1n) is 7.75. The third-order valence-electron chi connectivity index (χ3n) is 4.04. The topological polar surface area (TPSA) is 90.0 Å². The quantitative estimate of drug-likeness (QED) is 0.896. The van der Waals surface area contributed by atoms with Crippen molar-refractivity contribution in [3.05, 3.63) is 52.8 Å². The van der Waals surface area contributed by atoms with E-state index in [1.807, 2.05) is 31.3 Å². The SMILES string of the molecule is Cc1cccc(C(=O)NC2CCCc3cn(CC(N)=O)nc32)c1. The smallest absolute Gasteiger partial charge is 0.251 e. The van der Waals surface area contributed by atoms with Crippen LogP contribution in [0.25, 0.3) is 0 Å². The number of primary amides is 1. The molecule has 1 aliphatic rings. The molecule has 0 spiro atoms. The lowest BCUT2D eigenvalue weighted by molar-refractivity contribution is -0.118. The summed E-state index contributed by atoms with van der Waals surface area (Å²) < 4.78 is 1.56. The van der Waals surface area contributed by atoms with Crippen molar-refractivity contribution in [1.29, 1.82) is 0 Å². The molecule has 1 aliphatic carbocycles. The molecule has 0 fully saturated rings. The van der Waals surface area contributed by atoms with Crippen LogP contribution in [0.1, 0.15) is 46.1 Å². The van der Waals surface area contributed by atoms with Gasteiger partial charge in [-0.1, -0.05) is 17.7 Å². The molecule has 23 heavy (non-hydrogen) atoms. The van der Waals surface area contributed by atoms with Gasteiger partial charge >= 0.3 is 0 Å². The van der Waals surface area contributed by atoms with Crippen LogP contribution in [0, 0.1) is 6.92 Å². The lowest BCUT2D eigenvalue weighted by Gasteiger charge is -2.22. The van der Waals surface area contributed by atoms with E-state index < -0.39 is 5.91 Å². The van der Waals surface area contributed by atoms with E-state index in [1.165, 1.54) is 0 Å². The van der Waals surface area contributed by atoms with Crippen molar-refractivity contribution in [3.8, 4) is 0 Å². The summed E-state index contributed by atoms with van der Waals surface area (Å²) in [6.45, 7) is 2.02. The van der Waals surface area contributed by atoms with Gasteiger partial charge in [-0.3, -0.25) is 14.3 Å². The Morgan fingerprint density at radius 3 is 3.00 bits per heavy atom. The van der Waals surface area contributed by atoms with Gasteiger partial charge in [0.05, 0.1) is 11.7 Å². The molecule has 3 rings (SSSR count). The average molecular weight is 312 g/mol. The number of aromatic nitrogens is 2. The molecule has 6 heteroatoms. The zero-order valence-corrected chi connectivity index (χ0v) is 13.1. The van der Waals surface area contributed by atoms with Crippen LogP contribution in [0.2, 0.25) is 0 Å². The number of carbonyl (C=O) groups is 2. The highest BCUT2D eigenvalue weighted by Crippen LogP contribution is 2.28. The molecule has 0 radical (unpaired) electrons. The van der Waals surface area contributed by atoms with Gasteiger partial charge in [0.25, 0.3) is 5.91 Å². The van der Waals surface area contributed by atoms with Crippen molar-refractivity contribution in [1.82, 2.24) is 15.1 Å². The van der Waals surface area contributed by atoms with Crippen molar-refractivity contribution >= 4 is 11.8 Å². The first-order valence-corrected chi connectivity index (χ1v) is 7.75. The van der Waals surface area contributed by atoms with Crippen LogP contribution in [-0.2, 0) is 17.8 Å². The van der Waals surface area contributed by atoms with Crippen LogP contribution in [0.4, 0.5) is 0 Å². The number of nitrogens with zero attached hydrogens (tertiary/aromatic N) is 2. The van der Waals surface area contributed by atoms with E-state index in [9.17, 15) is 9.59 Å². The number of hydrogen-bond donors (Lipinski definition) is 2. The predicted molar refractivity (Wildman–Crippen MR) is 85.7 cm³/mol. The summed E-state index contributed by atoms with van der Waals surface area (Å²) >= 11 is 0. The van der Waals surface area contributed by atoms with E-state index in [1.54, 1.807) is 10.7 Å². The van der Waals surface area contributed by atoms with Crippen LogP contribution in [-0.4, -0.2) is 21.6 Å². The fourth-order valence-electron chi connectivity index (χ4n) is 3.01. The van der Waals surface area contributed by atoms with Crippen LogP contribution < -0.4 is 11.1 Å². The first kappa shape index (κ1) is 15.3. The molecule has 0 bridgehead atoms. The number of amides is 2. The predicted octanol–water partition coefficient (Wildman–Crippen LogP) is 1.48. The molecule has 120 valence electrons. The van der Waals surface area contributed by atoms with E-state index >= 15 is 0 Å². The highest BCUT2D eigenvalue weighted by molar-refractivity contribution is 5.94. The van der Waals surface area contributed by atoms with Crippen molar-refractivity contribution < 1.29 is 9.59 Å². The van der Waals surface area contributed by atoms with Crippen LogP contribution >= 0.6 is 0 Å². The second kappa shape index (κ2) is 6.24. The van der Waals surface area contributed by atoms with E-state index in [0.29, 0.717) is 5.56 Å². The van der Waals surface area contributed by atoms with E-state index in [2.05, 4.69) is 10.4 Å². The van der Waals surface area contributed by atoms with Gasteiger partial charge in [-0.2, -0.15) is 5.10 Å². The standard InChI is InChI=1S/C17H20N4O2/c1-11-4-2-5-12(8-11)17(23)19-14-7-3-6-13-9-21(10-15(18)22)20-16(13)14/h2,4-5,8-9,14H,3,6-7,10H2,1H3,(H2,18,22)(H,19,23). The molecule has 0 saturated carbocycles. The third-order valence-corrected chi connectivity index (χ3v) is 4.04. The number of benzene rings is 1. The summed E-state index contributed by atoms with van der Waals surface area (Å²) in [7, 11) is 0. The van der Waals surface area contributed by atoms with E-state index in [4.69, 9.17) is 5.73 Å². The Bertz CT molecular complexity index is 751. The lowest BCUT2D eigenvalue weighted by atomic mass is 9.93. The van der Waals surface area contributed by atoms with Crippen LogP contribution in [0.3, 0.4) is 0 Å². The molecule has 1 atom stereocenters. The molecule has 3 N–H and O–H groups in total. The Kier molecular flexibility index (Phi) is 4.14. The molecule has 1 unspecified atom stereocenters. The van der Waals surface area contributed by atoms with E-state index in [-0.39, 0.29) is 18.5 Å². The lowest BCUT2D eigenvalue weighted by Crippen LogP contribution is -2.31. The average Bonchev–Trinajstić information content (AvgIpc) is 2.89. The second-order valence-corrected chi connectivity index (χ2v) is 5.99. The molecular formula is C17H20N4O2. The van der Waals surface area contributed by atoms with Crippen molar-refractivity contribution in [2.45, 2.75) is 38.8 Å². The van der Waals surface area contributed by atoms with Crippen molar-refractivity contribution in [2.24, 2.45) is 5.73 Å². The van der Waals surface area contributed by atoms with Gasteiger partial charge in [0.2, 0.25) is 5.91 Å².